The molecule has 0 unspecified atom stereocenters. The molecule has 0 saturated heterocycles. The molecule has 1 N–H and O–H groups in total. The Hall–Kier alpha value is -2.13. The third-order valence-corrected chi connectivity index (χ3v) is 8.25. The van der Waals surface area contributed by atoms with E-state index >= 15 is 0 Å². The number of amides is 1. The van der Waals surface area contributed by atoms with Crippen molar-refractivity contribution in [2.75, 3.05) is 6.54 Å². The van der Waals surface area contributed by atoms with Gasteiger partial charge in [-0.1, -0.05) is 36.4 Å². The van der Waals surface area contributed by atoms with Crippen LogP contribution in [-0.2, 0) is 19.5 Å². The van der Waals surface area contributed by atoms with Crippen LogP contribution in [-0.4, -0.2) is 22.9 Å². The predicted molar refractivity (Wildman–Crippen MR) is 119 cm³/mol. The highest BCUT2D eigenvalue weighted by atomic mass is 16.1. The second kappa shape index (κ2) is 7.23. The smallest absolute Gasteiger partial charge is 0.251 e. The van der Waals surface area contributed by atoms with Crippen molar-refractivity contribution in [1.29, 1.82) is 0 Å². The number of carbonyl (C=O) groups excluding carboxylic acids is 1. The zero-order chi connectivity index (χ0) is 20.1. The Morgan fingerprint density at radius 2 is 1.53 bits per heavy atom. The maximum Gasteiger partial charge on any atom is 0.251 e. The van der Waals surface area contributed by atoms with Crippen LogP contribution in [0.3, 0.4) is 0 Å². The van der Waals surface area contributed by atoms with Crippen LogP contribution in [0.4, 0.5) is 0 Å². The highest BCUT2D eigenvalue weighted by molar-refractivity contribution is 5.94. The second-order valence-corrected chi connectivity index (χ2v) is 10.6. The van der Waals surface area contributed by atoms with E-state index in [1.165, 1.54) is 55.2 Å². The average Bonchev–Trinajstić information content (AvgIpc) is 2.73. The summed E-state index contributed by atoms with van der Waals surface area (Å²) in [4.78, 5) is 15.6. The monoisotopic (exact) mass is 400 g/mol. The molecule has 30 heavy (non-hydrogen) atoms. The van der Waals surface area contributed by atoms with Crippen LogP contribution in [0.15, 0.2) is 48.5 Å². The van der Waals surface area contributed by atoms with E-state index in [1.54, 1.807) is 0 Å². The Kier molecular flexibility index (Phi) is 4.49. The van der Waals surface area contributed by atoms with Gasteiger partial charge in [0.25, 0.3) is 5.91 Å². The van der Waals surface area contributed by atoms with E-state index in [1.807, 2.05) is 12.1 Å². The van der Waals surface area contributed by atoms with Crippen molar-refractivity contribution in [1.82, 2.24) is 10.2 Å². The van der Waals surface area contributed by atoms with Gasteiger partial charge >= 0.3 is 0 Å². The number of carbonyl (C=O) groups is 1. The van der Waals surface area contributed by atoms with Gasteiger partial charge in [0, 0.05) is 30.7 Å². The van der Waals surface area contributed by atoms with Crippen molar-refractivity contribution >= 4 is 5.91 Å². The van der Waals surface area contributed by atoms with Crippen molar-refractivity contribution in [2.24, 2.45) is 17.8 Å². The van der Waals surface area contributed by atoms with Gasteiger partial charge in [-0.2, -0.15) is 0 Å². The fourth-order valence-electron chi connectivity index (χ4n) is 7.29. The first-order valence-corrected chi connectivity index (χ1v) is 11.8. The van der Waals surface area contributed by atoms with Gasteiger partial charge in [-0.05, 0) is 91.5 Å². The lowest BCUT2D eigenvalue weighted by Crippen LogP contribution is -2.59. The van der Waals surface area contributed by atoms with Gasteiger partial charge in [0.2, 0.25) is 0 Å². The standard InChI is InChI=1S/C27H32N2O/c30-26(28-27-14-20-11-21(15-27)13-22(12-20)16-27)24-7-5-19(6-8-24)17-29-10-9-23-3-1-2-4-25(23)18-29/h1-8,20-22H,9-18H2,(H,28,30). The third kappa shape index (κ3) is 3.47. The van der Waals surface area contributed by atoms with E-state index < -0.39 is 0 Å². The summed E-state index contributed by atoms with van der Waals surface area (Å²) in [5, 5.41) is 3.50. The van der Waals surface area contributed by atoms with E-state index in [4.69, 9.17) is 0 Å². The summed E-state index contributed by atoms with van der Waals surface area (Å²) >= 11 is 0. The van der Waals surface area contributed by atoms with Gasteiger partial charge < -0.3 is 5.32 Å². The van der Waals surface area contributed by atoms with Gasteiger partial charge in [0.1, 0.15) is 0 Å². The Bertz CT molecular complexity index is 912. The average molecular weight is 401 g/mol. The quantitative estimate of drug-likeness (QED) is 0.788. The highest BCUT2D eigenvalue weighted by Crippen LogP contribution is 2.55. The molecule has 2 aromatic carbocycles. The molecule has 3 nitrogen and oxygen atoms in total. The summed E-state index contributed by atoms with van der Waals surface area (Å²) < 4.78 is 0. The van der Waals surface area contributed by atoms with Crippen molar-refractivity contribution in [2.45, 2.75) is 63.6 Å². The molecule has 4 bridgehead atoms. The summed E-state index contributed by atoms with van der Waals surface area (Å²) in [6, 6.07) is 17.1. The van der Waals surface area contributed by atoms with Crippen molar-refractivity contribution in [3.8, 4) is 0 Å². The number of hydrogen-bond donors (Lipinski definition) is 1. The number of nitrogens with one attached hydrogen (secondary N) is 1. The van der Waals surface area contributed by atoms with Crippen LogP contribution in [0.1, 0.15) is 65.6 Å². The van der Waals surface area contributed by atoms with Crippen LogP contribution in [0.5, 0.6) is 0 Å². The zero-order valence-corrected chi connectivity index (χ0v) is 17.8. The van der Waals surface area contributed by atoms with E-state index in [0.717, 1.165) is 49.4 Å². The normalized spacial score (nSPS) is 32.1. The summed E-state index contributed by atoms with van der Waals surface area (Å²) in [5.74, 6) is 2.70. The summed E-state index contributed by atoms with van der Waals surface area (Å²) in [6.07, 6.45) is 8.97. The van der Waals surface area contributed by atoms with Gasteiger partial charge in [-0.25, -0.2) is 0 Å². The lowest BCUT2D eigenvalue weighted by Gasteiger charge is -2.56. The van der Waals surface area contributed by atoms with E-state index in [0.29, 0.717) is 0 Å². The third-order valence-electron chi connectivity index (χ3n) is 8.25. The predicted octanol–water partition coefficient (Wildman–Crippen LogP) is 4.94. The van der Waals surface area contributed by atoms with Gasteiger partial charge in [0.05, 0.1) is 0 Å². The molecule has 4 fully saturated rings. The van der Waals surface area contributed by atoms with Gasteiger partial charge in [-0.3, -0.25) is 9.69 Å². The Morgan fingerprint density at radius 3 is 2.20 bits per heavy atom. The number of rotatable bonds is 4. The largest absolute Gasteiger partial charge is 0.347 e. The summed E-state index contributed by atoms with van der Waals surface area (Å²) in [5.41, 5.74) is 5.14. The molecule has 156 valence electrons. The number of nitrogens with zero attached hydrogens (tertiary/aromatic N) is 1. The minimum Gasteiger partial charge on any atom is -0.347 e. The number of hydrogen-bond acceptors (Lipinski definition) is 2. The minimum absolute atomic E-state index is 0.0890. The molecule has 0 aromatic heterocycles. The summed E-state index contributed by atoms with van der Waals surface area (Å²) in [7, 11) is 0. The van der Waals surface area contributed by atoms with Crippen molar-refractivity contribution in [3.63, 3.8) is 0 Å². The Balaban J connectivity index is 1.10. The van der Waals surface area contributed by atoms with Crippen molar-refractivity contribution < 1.29 is 4.79 Å². The number of fused-ring (bicyclic) bond motifs is 1. The molecule has 1 aliphatic heterocycles. The molecule has 0 radical (unpaired) electrons. The highest BCUT2D eigenvalue weighted by Gasteiger charge is 2.51. The summed E-state index contributed by atoms with van der Waals surface area (Å²) in [6.45, 7) is 3.07. The van der Waals surface area contributed by atoms with E-state index in [9.17, 15) is 4.79 Å². The van der Waals surface area contributed by atoms with Crippen LogP contribution >= 0.6 is 0 Å². The molecule has 0 spiro atoms. The molecule has 1 heterocycles. The van der Waals surface area contributed by atoms with Crippen LogP contribution < -0.4 is 5.32 Å². The maximum atomic E-state index is 13.0. The van der Waals surface area contributed by atoms with Gasteiger partial charge in [-0.15, -0.1) is 0 Å². The molecule has 7 rings (SSSR count). The van der Waals surface area contributed by atoms with E-state index in [2.05, 4.69) is 46.6 Å². The molecule has 2 aromatic rings. The molecule has 3 heteroatoms. The lowest BCUT2D eigenvalue weighted by molar-refractivity contribution is -0.0167. The lowest BCUT2D eigenvalue weighted by atomic mass is 9.53. The van der Waals surface area contributed by atoms with Crippen LogP contribution in [0.2, 0.25) is 0 Å². The first-order valence-electron chi connectivity index (χ1n) is 11.8. The Morgan fingerprint density at radius 1 is 0.900 bits per heavy atom. The maximum absolute atomic E-state index is 13.0. The first-order chi connectivity index (χ1) is 14.6. The Labute approximate surface area is 179 Å². The zero-order valence-electron chi connectivity index (χ0n) is 17.8. The van der Waals surface area contributed by atoms with Crippen LogP contribution in [0, 0.1) is 17.8 Å². The van der Waals surface area contributed by atoms with Gasteiger partial charge in [0.15, 0.2) is 0 Å². The molecule has 0 atom stereocenters. The fraction of sp³-hybridized carbons (Fsp3) is 0.519. The minimum atomic E-state index is 0.0890. The second-order valence-electron chi connectivity index (χ2n) is 10.6. The molecule has 5 aliphatic rings. The SMILES string of the molecule is O=C(NC12CC3CC(CC(C3)C1)C2)c1ccc(CN2CCc3ccccc3C2)cc1. The van der Waals surface area contributed by atoms with E-state index in [-0.39, 0.29) is 11.4 Å². The first kappa shape index (κ1) is 18.6. The molecule has 1 amide bonds. The topological polar surface area (TPSA) is 32.3 Å². The van der Waals surface area contributed by atoms with Crippen LogP contribution in [0.25, 0.3) is 0 Å². The van der Waals surface area contributed by atoms with Crippen molar-refractivity contribution in [3.05, 3.63) is 70.8 Å². The number of benzene rings is 2. The molecule has 4 saturated carbocycles. The molecule has 4 aliphatic carbocycles. The molecular weight excluding hydrogens is 368 g/mol. The molecular formula is C27H32N2O. The fourth-order valence-corrected chi connectivity index (χ4v) is 7.29.